The number of aromatic amines is 1. The summed E-state index contributed by atoms with van der Waals surface area (Å²) in [4.78, 5) is 22.1. The number of fused-ring (bicyclic) bond motifs is 3. The summed E-state index contributed by atoms with van der Waals surface area (Å²) in [6, 6.07) is 3.27. The van der Waals surface area contributed by atoms with Crippen LogP contribution in [0, 0.1) is 5.82 Å². The number of carbonyl (C=O) groups excluding carboxylic acids is 1. The van der Waals surface area contributed by atoms with Crippen LogP contribution < -0.4 is 15.2 Å². The number of amides is 1. The van der Waals surface area contributed by atoms with Crippen LogP contribution in [-0.4, -0.2) is 46.8 Å². The van der Waals surface area contributed by atoms with E-state index in [0.29, 0.717) is 54.9 Å². The number of aromatic nitrogens is 2. The van der Waals surface area contributed by atoms with Gasteiger partial charge in [-0.2, -0.15) is 0 Å². The van der Waals surface area contributed by atoms with Crippen LogP contribution >= 0.6 is 0 Å². The molecule has 0 saturated carbocycles. The first kappa shape index (κ1) is 23.3. The summed E-state index contributed by atoms with van der Waals surface area (Å²) in [6.07, 6.45) is 0.105. The Labute approximate surface area is 198 Å². The maximum absolute atomic E-state index is 15.1. The van der Waals surface area contributed by atoms with Crippen molar-refractivity contribution >= 4 is 22.6 Å². The van der Waals surface area contributed by atoms with E-state index in [9.17, 15) is 18.0 Å². The lowest BCUT2D eigenvalue weighted by atomic mass is 9.87. The van der Waals surface area contributed by atoms with Crippen LogP contribution in [0.4, 0.5) is 23.2 Å². The number of halogens is 4. The fraction of sp³-hybridized carbons (Fsp3) is 0.417. The fourth-order valence-corrected chi connectivity index (χ4v) is 4.96. The molecular formula is C24H24F4N4O3. The molecule has 1 aromatic carbocycles. The number of nitrogen functional groups attached to an aromatic ring is 1. The molecule has 7 nitrogen and oxygen atoms in total. The summed E-state index contributed by atoms with van der Waals surface area (Å²) >= 11 is 0. The Morgan fingerprint density at radius 2 is 2.00 bits per heavy atom. The number of hydrogen-bond donors (Lipinski definition) is 2. The highest BCUT2D eigenvalue weighted by atomic mass is 19.4. The highest BCUT2D eigenvalue weighted by Crippen LogP contribution is 2.41. The zero-order valence-electron chi connectivity index (χ0n) is 18.8. The van der Waals surface area contributed by atoms with Crippen molar-refractivity contribution in [1.82, 2.24) is 14.9 Å². The smallest absolute Gasteiger partial charge is 0.491 e. The van der Waals surface area contributed by atoms with Gasteiger partial charge in [0, 0.05) is 30.4 Å². The van der Waals surface area contributed by atoms with E-state index in [-0.39, 0.29) is 17.2 Å². The van der Waals surface area contributed by atoms with Crippen molar-refractivity contribution in [1.29, 1.82) is 0 Å². The zero-order valence-corrected chi connectivity index (χ0v) is 18.8. The minimum absolute atomic E-state index is 0.0970. The molecule has 1 fully saturated rings. The molecule has 11 heteroatoms. The number of piperidine rings is 1. The van der Waals surface area contributed by atoms with Crippen molar-refractivity contribution in [2.75, 3.05) is 25.4 Å². The van der Waals surface area contributed by atoms with Gasteiger partial charge in [-0.1, -0.05) is 0 Å². The molecule has 1 saturated heterocycles. The predicted molar refractivity (Wildman–Crippen MR) is 120 cm³/mol. The molecule has 5 rings (SSSR count). The topological polar surface area (TPSA) is 93.5 Å². The minimum atomic E-state index is -4.85. The summed E-state index contributed by atoms with van der Waals surface area (Å²) in [5, 5.41) is 0.677. The third-order valence-corrected chi connectivity index (χ3v) is 6.59. The fourth-order valence-electron chi connectivity index (χ4n) is 4.96. The van der Waals surface area contributed by atoms with Crippen LogP contribution in [0.15, 0.2) is 24.4 Å². The third-order valence-electron chi connectivity index (χ3n) is 6.59. The van der Waals surface area contributed by atoms with Gasteiger partial charge in [0.05, 0.1) is 29.4 Å². The van der Waals surface area contributed by atoms with E-state index in [0.717, 1.165) is 37.1 Å². The molecule has 2 aromatic heterocycles. The van der Waals surface area contributed by atoms with E-state index in [1.54, 1.807) is 4.90 Å². The molecule has 0 atom stereocenters. The summed E-state index contributed by atoms with van der Waals surface area (Å²) in [5.74, 6) is -0.751. The van der Waals surface area contributed by atoms with Gasteiger partial charge in [0.15, 0.2) is 0 Å². The SMILES string of the molecule is Nc1cc(OC(F)(F)F)ccc1C(=O)N1CCC(c2c(F)cnc3[nH]c4c(c23)OCCCC4)CC1. The molecule has 4 heterocycles. The second-order valence-electron chi connectivity index (χ2n) is 8.84. The zero-order chi connectivity index (χ0) is 24.7. The molecule has 1 amide bonds. The summed E-state index contributed by atoms with van der Waals surface area (Å²) < 4.78 is 62.2. The van der Waals surface area contributed by atoms with E-state index >= 15 is 4.39 Å². The number of alkyl halides is 3. The Balaban J connectivity index is 1.34. The monoisotopic (exact) mass is 492 g/mol. The number of aryl methyl sites for hydroxylation is 1. The Hall–Kier alpha value is -3.50. The maximum atomic E-state index is 15.1. The first-order valence-electron chi connectivity index (χ1n) is 11.5. The number of hydrogen-bond acceptors (Lipinski definition) is 5. The molecule has 0 bridgehead atoms. The van der Waals surface area contributed by atoms with Crippen molar-refractivity contribution in [3.05, 3.63) is 47.0 Å². The number of benzene rings is 1. The van der Waals surface area contributed by atoms with Gasteiger partial charge in [0.1, 0.15) is 23.0 Å². The average molecular weight is 492 g/mol. The summed E-state index contributed by atoms with van der Waals surface area (Å²) in [6.45, 7) is 1.26. The first-order valence-corrected chi connectivity index (χ1v) is 11.5. The number of carbonyl (C=O) groups is 1. The number of likely N-dealkylation sites (tertiary alicyclic amines) is 1. The Bertz CT molecular complexity index is 1270. The normalized spacial score (nSPS) is 17.1. The van der Waals surface area contributed by atoms with Crippen molar-refractivity contribution in [3.63, 3.8) is 0 Å². The van der Waals surface area contributed by atoms with Crippen molar-refractivity contribution in [2.24, 2.45) is 0 Å². The number of nitrogens with one attached hydrogen (secondary N) is 1. The van der Waals surface area contributed by atoms with E-state index < -0.39 is 23.8 Å². The van der Waals surface area contributed by atoms with Crippen molar-refractivity contribution < 1.29 is 31.8 Å². The molecule has 2 aliphatic rings. The van der Waals surface area contributed by atoms with E-state index in [4.69, 9.17) is 10.5 Å². The Kier molecular flexibility index (Phi) is 5.94. The van der Waals surface area contributed by atoms with Gasteiger partial charge in [-0.15, -0.1) is 13.2 Å². The summed E-state index contributed by atoms with van der Waals surface area (Å²) in [7, 11) is 0. The van der Waals surface area contributed by atoms with Gasteiger partial charge in [-0.3, -0.25) is 4.79 Å². The highest BCUT2D eigenvalue weighted by Gasteiger charge is 2.33. The molecule has 3 aromatic rings. The molecule has 3 N–H and O–H groups in total. The Morgan fingerprint density at radius 1 is 1.23 bits per heavy atom. The average Bonchev–Trinajstić information content (AvgIpc) is 2.99. The second-order valence-corrected chi connectivity index (χ2v) is 8.84. The molecule has 0 aliphatic carbocycles. The second kappa shape index (κ2) is 8.94. The van der Waals surface area contributed by atoms with Crippen LogP contribution in [-0.2, 0) is 6.42 Å². The number of rotatable bonds is 3. The van der Waals surface area contributed by atoms with E-state index in [1.165, 1.54) is 12.3 Å². The van der Waals surface area contributed by atoms with Crippen LogP contribution in [0.1, 0.15) is 53.2 Å². The quantitative estimate of drug-likeness (QED) is 0.400. The first-order chi connectivity index (χ1) is 16.7. The lowest BCUT2D eigenvalue weighted by Crippen LogP contribution is -2.38. The van der Waals surface area contributed by atoms with Crippen LogP contribution in [0.25, 0.3) is 11.0 Å². The lowest BCUT2D eigenvalue weighted by molar-refractivity contribution is -0.274. The number of pyridine rings is 1. The third kappa shape index (κ3) is 4.59. The number of H-pyrrole nitrogens is 1. The highest BCUT2D eigenvalue weighted by molar-refractivity contribution is 5.99. The van der Waals surface area contributed by atoms with Gasteiger partial charge in [0.25, 0.3) is 5.91 Å². The van der Waals surface area contributed by atoms with Gasteiger partial charge >= 0.3 is 6.36 Å². The molecule has 186 valence electrons. The molecule has 35 heavy (non-hydrogen) atoms. The molecule has 2 aliphatic heterocycles. The lowest BCUT2D eigenvalue weighted by Gasteiger charge is -2.33. The van der Waals surface area contributed by atoms with Gasteiger partial charge < -0.3 is 25.1 Å². The maximum Gasteiger partial charge on any atom is 0.573 e. The van der Waals surface area contributed by atoms with Crippen LogP contribution in [0.5, 0.6) is 11.5 Å². The number of anilines is 1. The predicted octanol–water partition coefficient (Wildman–Crippen LogP) is 4.92. The van der Waals surface area contributed by atoms with Gasteiger partial charge in [0.2, 0.25) is 0 Å². The van der Waals surface area contributed by atoms with Crippen molar-refractivity contribution in [2.45, 2.75) is 44.4 Å². The number of nitrogens with two attached hydrogens (primary N) is 1. The summed E-state index contributed by atoms with van der Waals surface area (Å²) in [5.41, 5.74) is 7.92. The largest absolute Gasteiger partial charge is 0.573 e. The standard InChI is InChI=1S/C24H24F4N4O3/c25-16-12-30-22-20(21-18(31-22)3-1-2-10-34-21)19(16)13-6-8-32(9-7-13)23(33)15-5-4-14(11-17(15)29)35-24(26,27)28/h4-5,11-13H,1-3,6-10,29H2,(H,30,31). The van der Waals surface area contributed by atoms with E-state index in [2.05, 4.69) is 14.7 Å². The molecule has 0 spiro atoms. The van der Waals surface area contributed by atoms with Crippen molar-refractivity contribution in [3.8, 4) is 11.5 Å². The van der Waals surface area contributed by atoms with E-state index in [1.807, 2.05) is 0 Å². The Morgan fingerprint density at radius 3 is 2.71 bits per heavy atom. The number of ether oxygens (including phenoxy) is 2. The van der Waals surface area contributed by atoms with Gasteiger partial charge in [-0.05, 0) is 50.2 Å². The van der Waals surface area contributed by atoms with Gasteiger partial charge in [-0.25, -0.2) is 9.37 Å². The van der Waals surface area contributed by atoms with Crippen LogP contribution in [0.3, 0.4) is 0 Å². The molecule has 0 radical (unpaired) electrons. The molecule has 0 unspecified atom stereocenters. The number of nitrogens with zero attached hydrogens (tertiary/aromatic N) is 2. The minimum Gasteiger partial charge on any atom is -0.491 e. The molecular weight excluding hydrogens is 468 g/mol. The van der Waals surface area contributed by atoms with Crippen LogP contribution in [0.2, 0.25) is 0 Å².